The van der Waals surface area contributed by atoms with Gasteiger partial charge in [0.25, 0.3) is 0 Å². The van der Waals surface area contributed by atoms with Crippen molar-refractivity contribution in [2.24, 2.45) is 0 Å². The summed E-state index contributed by atoms with van der Waals surface area (Å²) in [5.74, 6) is 0. The lowest BCUT2D eigenvalue weighted by molar-refractivity contribution is 1.15. The number of benzene rings is 11. The molecule has 11 rings (SSSR count). The molecule has 0 bridgehead atoms. The van der Waals surface area contributed by atoms with Gasteiger partial charge in [0, 0.05) is 0 Å². The molecule has 0 saturated carbocycles. The summed E-state index contributed by atoms with van der Waals surface area (Å²) in [5.41, 5.74) is 37.9. The Balaban J connectivity index is 0.000000193. The van der Waals surface area contributed by atoms with Crippen LogP contribution in [-0.2, 0) is 6.42 Å². The Kier molecular flexibility index (Phi) is 27.5. The van der Waals surface area contributed by atoms with Crippen molar-refractivity contribution >= 4 is 0 Å². The Morgan fingerprint density at radius 1 is 0.138 bits per heavy atom. The molecule has 0 aliphatic carbocycles. The number of aryl methyl sites for hydroxylation is 20. The first kappa shape index (κ1) is 69.2. The molecule has 0 aromatic heterocycles. The quantitative estimate of drug-likeness (QED) is 0.161. The largest absolute Gasteiger partial charge is 0.0623 e. The van der Waals surface area contributed by atoms with E-state index in [0.717, 1.165) is 6.42 Å². The van der Waals surface area contributed by atoms with Gasteiger partial charge in [-0.3, -0.25) is 0 Å². The maximum atomic E-state index is 2.30. The summed E-state index contributed by atoms with van der Waals surface area (Å²) in [7, 11) is 0. The third-order valence-corrected chi connectivity index (χ3v) is 17.1. The zero-order valence-corrected chi connectivity index (χ0v) is 56.6. The minimum absolute atomic E-state index is 1.03. The van der Waals surface area contributed by atoms with Gasteiger partial charge in [-0.2, -0.15) is 0 Å². The molecule has 0 unspecified atom stereocenters. The molecule has 0 aliphatic heterocycles. The summed E-state index contributed by atoms with van der Waals surface area (Å²) in [5, 5.41) is 0. The highest BCUT2D eigenvalue weighted by Gasteiger charge is 2.06. The lowest BCUT2D eigenvalue weighted by atomic mass is 9.96. The van der Waals surface area contributed by atoms with Crippen molar-refractivity contribution in [1.82, 2.24) is 0 Å². The molecule has 448 valence electrons. The second-order valence-electron chi connectivity index (χ2n) is 24.1. The molecule has 0 amide bonds. The van der Waals surface area contributed by atoms with Gasteiger partial charge in [-0.15, -0.1) is 0 Å². The molecule has 0 spiro atoms. The Morgan fingerprint density at radius 2 is 0.310 bits per heavy atom. The smallest absolute Gasteiger partial charge is 0.00256 e. The molecule has 0 aliphatic rings. The van der Waals surface area contributed by atoms with Crippen LogP contribution in [0.3, 0.4) is 0 Å². The summed E-state index contributed by atoms with van der Waals surface area (Å²) >= 11 is 0. The van der Waals surface area contributed by atoms with Crippen LogP contribution in [0.15, 0.2) is 231 Å². The van der Waals surface area contributed by atoms with E-state index in [4.69, 9.17) is 0 Å². The van der Waals surface area contributed by atoms with Crippen LogP contribution < -0.4 is 0 Å². The van der Waals surface area contributed by atoms with E-state index in [1.807, 2.05) is 36.4 Å². The van der Waals surface area contributed by atoms with Crippen LogP contribution in [0.4, 0.5) is 0 Å². The van der Waals surface area contributed by atoms with E-state index in [9.17, 15) is 0 Å². The third-order valence-electron chi connectivity index (χ3n) is 17.1. The first-order chi connectivity index (χ1) is 41.4. The molecule has 0 radical (unpaired) electrons. The van der Waals surface area contributed by atoms with Crippen molar-refractivity contribution in [3.05, 3.63) is 353 Å². The first-order valence-corrected chi connectivity index (χ1v) is 31.0. The second-order valence-corrected chi connectivity index (χ2v) is 24.1. The summed E-state index contributed by atoms with van der Waals surface area (Å²) in [4.78, 5) is 0. The fourth-order valence-electron chi connectivity index (χ4n) is 9.42. The SMILES string of the molecule is Cc1cc(C)c(C)cc1C.Cc1ccc(-c2ccc(-c3ccc(C)c(C)c3)cc2)cc1C.Cc1ccc(-c2ccc(C)c(C)c2)cc1C.Cc1ccc(Cc2ccc(C)c(C)c2)cc1C.Cc1ccccc1C.Cc1ccccc1C.c1ccccc1. The molecule has 11 aromatic carbocycles. The molecule has 0 N–H and O–H groups in total. The lowest BCUT2D eigenvalue weighted by Crippen LogP contribution is -1.92. The highest BCUT2D eigenvalue weighted by atomic mass is 14.1. The van der Waals surface area contributed by atoms with Gasteiger partial charge in [0.1, 0.15) is 0 Å². The minimum atomic E-state index is 1.03. The first-order valence-electron chi connectivity index (χ1n) is 31.0. The van der Waals surface area contributed by atoms with Crippen LogP contribution in [0, 0.1) is 138 Å². The fourth-order valence-corrected chi connectivity index (χ4v) is 9.42. The van der Waals surface area contributed by atoms with E-state index in [1.165, 1.54) is 156 Å². The normalized spacial score (nSPS) is 10.1. The molecule has 87 heavy (non-hydrogen) atoms. The summed E-state index contributed by atoms with van der Waals surface area (Å²) in [6.45, 7) is 43.1. The summed E-state index contributed by atoms with van der Waals surface area (Å²) in [6, 6.07) is 82.2. The topological polar surface area (TPSA) is 0 Å². The molecule has 0 heterocycles. The number of rotatable bonds is 5. The van der Waals surface area contributed by atoms with E-state index in [1.54, 1.807) is 0 Å². The van der Waals surface area contributed by atoms with Gasteiger partial charge in [-0.1, -0.05) is 231 Å². The molecule has 0 heteroatoms. The van der Waals surface area contributed by atoms with E-state index in [0.29, 0.717) is 0 Å². The van der Waals surface area contributed by atoms with Crippen LogP contribution in [0.1, 0.15) is 122 Å². The third kappa shape index (κ3) is 22.7. The van der Waals surface area contributed by atoms with Gasteiger partial charge >= 0.3 is 0 Å². The van der Waals surface area contributed by atoms with Gasteiger partial charge in [0.15, 0.2) is 0 Å². The standard InChI is InChI=1S/C22H22.C17H20.C16H18.C10H14.2C8H10.C6H6/c1-15-5-7-21(13-17(15)3)19-9-11-20(12-10-19)22-8-6-16(2)18(4)14-22;1-12-5-7-16(9-14(12)3)11-17-8-6-13(2)15(4)10-17;1-11-5-7-15(9-13(11)3)16-8-6-12(2)14(4)10-16;1-7-5-9(3)10(4)6-8(7)2;2*1-7-5-3-4-6-8(7)2;1-2-4-6-5-3-1/h5-14H,1-4H3;5-10H,11H2,1-4H3;5-10H,1-4H3;5-6H,1-4H3;2*3-6H,1-2H3;1-6H. The van der Waals surface area contributed by atoms with E-state index >= 15 is 0 Å². The average molecular weight is 1150 g/mol. The predicted octanol–water partition coefficient (Wildman–Crippen LogP) is 24.6. The van der Waals surface area contributed by atoms with Crippen molar-refractivity contribution in [2.45, 2.75) is 145 Å². The van der Waals surface area contributed by atoms with Crippen LogP contribution in [0.5, 0.6) is 0 Å². The minimum Gasteiger partial charge on any atom is -0.0623 e. The van der Waals surface area contributed by atoms with Crippen LogP contribution in [0.2, 0.25) is 0 Å². The Hall–Kier alpha value is -8.58. The van der Waals surface area contributed by atoms with Gasteiger partial charge in [-0.25, -0.2) is 0 Å². The lowest BCUT2D eigenvalue weighted by Gasteiger charge is -2.08. The van der Waals surface area contributed by atoms with Crippen molar-refractivity contribution in [2.75, 3.05) is 0 Å². The van der Waals surface area contributed by atoms with Gasteiger partial charge in [0.2, 0.25) is 0 Å². The summed E-state index contributed by atoms with van der Waals surface area (Å²) in [6.07, 6.45) is 1.03. The molecular weight excluding hydrogens is 1040 g/mol. The fraction of sp³-hybridized carbons (Fsp3) is 0.241. The van der Waals surface area contributed by atoms with Crippen LogP contribution in [-0.4, -0.2) is 0 Å². The second kappa shape index (κ2) is 34.5. The average Bonchev–Trinajstić information content (AvgIpc) is 3.48. The monoisotopic (exact) mass is 1140 g/mol. The van der Waals surface area contributed by atoms with Crippen LogP contribution in [0.25, 0.3) is 33.4 Å². The van der Waals surface area contributed by atoms with Crippen LogP contribution >= 0.6 is 0 Å². The molecular formula is C87H100. The van der Waals surface area contributed by atoms with Crippen molar-refractivity contribution < 1.29 is 0 Å². The number of hydrogen-bond donors (Lipinski definition) is 0. The van der Waals surface area contributed by atoms with Gasteiger partial charge in [0.05, 0.1) is 0 Å². The van der Waals surface area contributed by atoms with Gasteiger partial charge < -0.3 is 0 Å². The highest BCUT2D eigenvalue weighted by molar-refractivity contribution is 5.72. The van der Waals surface area contributed by atoms with Crippen molar-refractivity contribution in [3.63, 3.8) is 0 Å². The van der Waals surface area contributed by atoms with Gasteiger partial charge in [-0.05, 0) is 301 Å². The zero-order chi connectivity index (χ0) is 63.7. The molecule has 0 saturated heterocycles. The maximum absolute atomic E-state index is 2.30. The van der Waals surface area contributed by atoms with E-state index in [-0.39, 0.29) is 0 Å². The maximum Gasteiger partial charge on any atom is -0.00256 e. The van der Waals surface area contributed by atoms with Crippen molar-refractivity contribution in [1.29, 1.82) is 0 Å². The highest BCUT2D eigenvalue weighted by Crippen LogP contribution is 2.28. The van der Waals surface area contributed by atoms with E-state index in [2.05, 4.69) is 333 Å². The Labute approximate surface area is 528 Å². The Bertz CT molecular complexity index is 3590. The molecule has 0 atom stereocenters. The van der Waals surface area contributed by atoms with Crippen molar-refractivity contribution in [3.8, 4) is 33.4 Å². The molecule has 0 nitrogen and oxygen atoms in total. The summed E-state index contributed by atoms with van der Waals surface area (Å²) < 4.78 is 0. The van der Waals surface area contributed by atoms with E-state index < -0.39 is 0 Å². The number of hydrogen-bond acceptors (Lipinski definition) is 0. The Morgan fingerprint density at radius 3 is 0.517 bits per heavy atom. The predicted molar refractivity (Wildman–Crippen MR) is 385 cm³/mol. The molecule has 11 aromatic rings. The molecule has 0 fully saturated rings. The zero-order valence-electron chi connectivity index (χ0n) is 56.6.